The van der Waals surface area contributed by atoms with E-state index in [-0.39, 0.29) is 24.7 Å². The molecule has 4 heteroatoms. The van der Waals surface area contributed by atoms with Crippen molar-refractivity contribution in [2.24, 2.45) is 0 Å². The van der Waals surface area contributed by atoms with Crippen LogP contribution in [0.2, 0.25) is 0 Å². The molecule has 0 spiro atoms. The largest absolute Gasteiger partial charge is 0.352 e. The second-order valence-corrected chi connectivity index (χ2v) is 5.75. The number of ether oxygens (including phenoxy) is 2. The molecule has 4 nitrogen and oxygen atoms in total. The van der Waals surface area contributed by atoms with Gasteiger partial charge in [-0.3, -0.25) is 10.6 Å². The topological polar surface area (TPSA) is 42.5 Å². The second kappa shape index (κ2) is 6.18. The van der Waals surface area contributed by atoms with Crippen molar-refractivity contribution in [3.05, 3.63) is 71.8 Å². The summed E-state index contributed by atoms with van der Waals surface area (Å²) >= 11 is 0. The Morgan fingerprint density at radius 1 is 0.636 bits per heavy atom. The van der Waals surface area contributed by atoms with E-state index in [1.165, 1.54) is 0 Å². The fourth-order valence-corrected chi connectivity index (χ4v) is 3.08. The SMILES string of the molecule is c1ccc([C@H]2NCC3O[C@@H](c4ccccc4)NCC3O2)cc1. The highest BCUT2D eigenvalue weighted by atomic mass is 16.6. The number of nitrogens with one attached hydrogen (secondary N) is 2. The van der Waals surface area contributed by atoms with Gasteiger partial charge in [0.05, 0.1) is 12.2 Å². The predicted octanol–water partition coefficient (Wildman–Crippen LogP) is 2.36. The maximum atomic E-state index is 6.16. The minimum absolute atomic E-state index is 0.0545. The molecule has 2 heterocycles. The highest BCUT2D eigenvalue weighted by Gasteiger charge is 2.37. The van der Waals surface area contributed by atoms with Gasteiger partial charge in [-0.25, -0.2) is 0 Å². The van der Waals surface area contributed by atoms with Gasteiger partial charge < -0.3 is 9.47 Å². The monoisotopic (exact) mass is 296 g/mol. The van der Waals surface area contributed by atoms with Crippen LogP contribution in [0.5, 0.6) is 0 Å². The molecule has 0 aromatic heterocycles. The summed E-state index contributed by atoms with van der Waals surface area (Å²) in [6, 6.07) is 20.5. The maximum absolute atomic E-state index is 6.16. The number of benzene rings is 2. The Morgan fingerprint density at radius 3 is 1.45 bits per heavy atom. The summed E-state index contributed by atoms with van der Waals surface area (Å²) in [6.07, 6.45) is 0.0417. The van der Waals surface area contributed by atoms with Gasteiger partial charge in [0.1, 0.15) is 12.5 Å². The van der Waals surface area contributed by atoms with Gasteiger partial charge >= 0.3 is 0 Å². The Bertz CT molecular complexity index is 549. The summed E-state index contributed by atoms with van der Waals surface area (Å²) in [6.45, 7) is 1.60. The third-order valence-corrected chi connectivity index (χ3v) is 4.25. The summed E-state index contributed by atoms with van der Waals surface area (Å²) in [5, 5.41) is 6.86. The fraction of sp³-hybridized carbons (Fsp3) is 0.333. The first-order chi connectivity index (χ1) is 10.9. The van der Waals surface area contributed by atoms with Crippen LogP contribution in [0.4, 0.5) is 0 Å². The zero-order chi connectivity index (χ0) is 14.8. The standard InChI is InChI=1S/C18H20N2O2/c1-3-7-13(8-4-1)17-19-11-16-15(21-17)12-20-18(22-16)14-9-5-2-6-10-14/h1-10,15-20H,11-12H2/t15?,16?,17-,18-/m0/s1. The lowest BCUT2D eigenvalue weighted by Crippen LogP contribution is -2.57. The van der Waals surface area contributed by atoms with Gasteiger partial charge in [-0.2, -0.15) is 0 Å². The van der Waals surface area contributed by atoms with Gasteiger partial charge in [-0.05, 0) is 11.1 Å². The smallest absolute Gasteiger partial charge is 0.134 e. The van der Waals surface area contributed by atoms with E-state index in [4.69, 9.17) is 9.47 Å². The van der Waals surface area contributed by atoms with E-state index < -0.39 is 0 Å². The number of hydrogen-bond acceptors (Lipinski definition) is 4. The van der Waals surface area contributed by atoms with Crippen molar-refractivity contribution < 1.29 is 9.47 Å². The molecule has 0 aliphatic carbocycles. The molecule has 0 radical (unpaired) electrons. The zero-order valence-corrected chi connectivity index (χ0v) is 12.3. The summed E-state index contributed by atoms with van der Waals surface area (Å²) in [5.74, 6) is 0. The third-order valence-electron chi connectivity index (χ3n) is 4.25. The van der Waals surface area contributed by atoms with E-state index >= 15 is 0 Å². The molecular formula is C18H20N2O2. The lowest BCUT2D eigenvalue weighted by atomic mass is 10.1. The molecule has 2 unspecified atom stereocenters. The Labute approximate surface area is 130 Å². The Balaban J connectivity index is 1.43. The van der Waals surface area contributed by atoms with E-state index in [1.807, 2.05) is 36.4 Å². The van der Waals surface area contributed by atoms with Crippen LogP contribution in [-0.4, -0.2) is 25.3 Å². The Kier molecular flexibility index (Phi) is 3.91. The number of fused-ring (bicyclic) bond motifs is 1. The van der Waals surface area contributed by atoms with Crippen LogP contribution in [-0.2, 0) is 9.47 Å². The van der Waals surface area contributed by atoms with Gasteiger partial charge in [0.25, 0.3) is 0 Å². The van der Waals surface area contributed by atoms with Crippen LogP contribution in [0.25, 0.3) is 0 Å². The molecule has 2 N–H and O–H groups in total. The highest BCUT2D eigenvalue weighted by Crippen LogP contribution is 2.28. The summed E-state index contributed by atoms with van der Waals surface area (Å²) in [4.78, 5) is 0. The van der Waals surface area contributed by atoms with Crippen LogP contribution in [0.15, 0.2) is 60.7 Å². The average molecular weight is 296 g/mol. The number of hydrogen-bond donors (Lipinski definition) is 2. The van der Waals surface area contributed by atoms with E-state index in [0.717, 1.165) is 24.2 Å². The maximum Gasteiger partial charge on any atom is 0.134 e. The summed E-state index contributed by atoms with van der Waals surface area (Å²) < 4.78 is 12.3. The van der Waals surface area contributed by atoms with Crippen molar-refractivity contribution in [2.45, 2.75) is 24.7 Å². The van der Waals surface area contributed by atoms with Crippen LogP contribution in [0, 0.1) is 0 Å². The molecule has 2 fully saturated rings. The van der Waals surface area contributed by atoms with Gasteiger partial charge in [0.15, 0.2) is 0 Å². The van der Waals surface area contributed by atoms with Crippen molar-refractivity contribution in [1.82, 2.24) is 10.6 Å². The van der Waals surface area contributed by atoms with Crippen LogP contribution >= 0.6 is 0 Å². The van der Waals surface area contributed by atoms with Crippen LogP contribution in [0.1, 0.15) is 23.6 Å². The molecule has 2 aliphatic rings. The molecule has 4 atom stereocenters. The molecule has 114 valence electrons. The predicted molar refractivity (Wildman–Crippen MR) is 84.1 cm³/mol. The van der Waals surface area contributed by atoms with E-state index in [2.05, 4.69) is 34.9 Å². The lowest BCUT2D eigenvalue weighted by Gasteiger charge is -2.43. The van der Waals surface area contributed by atoms with Gasteiger partial charge in [0, 0.05) is 13.1 Å². The molecule has 4 rings (SSSR count). The first kappa shape index (κ1) is 13.9. The van der Waals surface area contributed by atoms with Crippen molar-refractivity contribution in [2.75, 3.05) is 13.1 Å². The molecule has 0 saturated carbocycles. The van der Waals surface area contributed by atoms with Gasteiger partial charge in [0.2, 0.25) is 0 Å². The summed E-state index contributed by atoms with van der Waals surface area (Å²) in [7, 11) is 0. The first-order valence-corrected chi connectivity index (χ1v) is 7.78. The number of rotatable bonds is 2. The van der Waals surface area contributed by atoms with Crippen LogP contribution < -0.4 is 10.6 Å². The second-order valence-electron chi connectivity index (χ2n) is 5.75. The molecule has 2 saturated heterocycles. The minimum Gasteiger partial charge on any atom is -0.352 e. The Morgan fingerprint density at radius 2 is 1.05 bits per heavy atom. The third kappa shape index (κ3) is 2.78. The lowest BCUT2D eigenvalue weighted by molar-refractivity contribution is -0.194. The van der Waals surface area contributed by atoms with Crippen molar-refractivity contribution >= 4 is 0 Å². The van der Waals surface area contributed by atoms with E-state index in [1.54, 1.807) is 0 Å². The van der Waals surface area contributed by atoms with Gasteiger partial charge in [-0.1, -0.05) is 60.7 Å². The normalized spacial score (nSPS) is 31.5. The molecule has 0 bridgehead atoms. The molecule has 22 heavy (non-hydrogen) atoms. The van der Waals surface area contributed by atoms with E-state index in [0.29, 0.717) is 0 Å². The highest BCUT2D eigenvalue weighted by molar-refractivity contribution is 5.19. The zero-order valence-electron chi connectivity index (χ0n) is 12.3. The van der Waals surface area contributed by atoms with Crippen molar-refractivity contribution in [3.63, 3.8) is 0 Å². The van der Waals surface area contributed by atoms with Crippen molar-refractivity contribution in [1.29, 1.82) is 0 Å². The molecule has 0 amide bonds. The van der Waals surface area contributed by atoms with Crippen LogP contribution in [0.3, 0.4) is 0 Å². The average Bonchev–Trinajstić information content (AvgIpc) is 2.62. The van der Waals surface area contributed by atoms with E-state index in [9.17, 15) is 0 Å². The molecular weight excluding hydrogens is 276 g/mol. The first-order valence-electron chi connectivity index (χ1n) is 7.78. The van der Waals surface area contributed by atoms with Gasteiger partial charge in [-0.15, -0.1) is 0 Å². The molecule has 2 aromatic carbocycles. The summed E-state index contributed by atoms with van der Waals surface area (Å²) in [5.41, 5.74) is 2.32. The van der Waals surface area contributed by atoms with Crippen molar-refractivity contribution in [3.8, 4) is 0 Å². The molecule has 2 aliphatic heterocycles. The quantitative estimate of drug-likeness (QED) is 0.893. The minimum atomic E-state index is -0.0545. The molecule has 2 aromatic rings. The Hall–Kier alpha value is -1.72. The fourth-order valence-electron chi connectivity index (χ4n) is 3.08.